The summed E-state index contributed by atoms with van der Waals surface area (Å²) in [5.74, 6) is -4.70. The van der Waals surface area contributed by atoms with Crippen LogP contribution in [0.4, 0.5) is 4.39 Å². The number of carboxylic acids is 1. The van der Waals surface area contributed by atoms with Crippen LogP contribution in [0.1, 0.15) is 6.92 Å². The van der Waals surface area contributed by atoms with Crippen molar-refractivity contribution in [3.8, 4) is 11.6 Å². The first-order valence-corrected chi connectivity index (χ1v) is 6.26. The summed E-state index contributed by atoms with van der Waals surface area (Å²) in [7, 11) is 0. The molecule has 0 bridgehead atoms. The van der Waals surface area contributed by atoms with Gasteiger partial charge in [0.25, 0.3) is 5.88 Å². The number of pyridine rings is 1. The Kier molecular flexibility index (Phi) is 4.28. The zero-order chi connectivity index (χ0) is 15.5. The fourth-order valence-corrected chi connectivity index (χ4v) is 1.63. The van der Waals surface area contributed by atoms with Gasteiger partial charge in [-0.15, -0.1) is 0 Å². The first-order valence-electron chi connectivity index (χ1n) is 5.88. The van der Waals surface area contributed by atoms with E-state index in [2.05, 4.69) is 4.98 Å². The Morgan fingerprint density at radius 2 is 2.00 bits per heavy atom. The molecule has 2 aromatic rings. The molecule has 0 radical (unpaired) electrons. The number of nitrogens with zero attached hydrogens (tertiary/aromatic N) is 1. The van der Waals surface area contributed by atoms with Crippen LogP contribution < -0.4 is 9.47 Å². The molecule has 1 atom stereocenters. The molecule has 0 fully saturated rings. The Hall–Kier alpha value is -2.34. The van der Waals surface area contributed by atoms with Crippen LogP contribution in [0, 0.1) is 5.82 Å². The Morgan fingerprint density at radius 3 is 2.57 bits per heavy atom. The lowest BCUT2D eigenvalue weighted by Crippen LogP contribution is -2.47. The maximum Gasteiger partial charge on any atom is 0.390 e. The van der Waals surface area contributed by atoms with Crippen molar-refractivity contribution in [1.29, 1.82) is 0 Å². The van der Waals surface area contributed by atoms with Gasteiger partial charge in [0.05, 0.1) is 5.02 Å². The van der Waals surface area contributed by atoms with Gasteiger partial charge in [0, 0.05) is 13.1 Å². The number of carbonyl (C=O) groups is 1. The number of para-hydroxylation sites is 1. The molecule has 1 unspecified atom stereocenters. The largest absolute Gasteiger partial charge is 0.475 e. The summed E-state index contributed by atoms with van der Waals surface area (Å²) in [5.41, 5.74) is 0. The zero-order valence-electron chi connectivity index (χ0n) is 10.9. The van der Waals surface area contributed by atoms with Crippen molar-refractivity contribution in [1.82, 2.24) is 4.98 Å². The monoisotopic (exact) mass is 311 g/mol. The molecule has 1 aromatic heterocycles. The van der Waals surface area contributed by atoms with Crippen LogP contribution in [-0.2, 0) is 4.79 Å². The van der Waals surface area contributed by atoms with Gasteiger partial charge in [0.1, 0.15) is 5.75 Å². The second kappa shape index (κ2) is 5.97. The number of ether oxygens (including phenoxy) is 2. The fraction of sp³-hybridized carbons (Fsp3) is 0.143. The number of halogens is 2. The topological polar surface area (TPSA) is 68.7 Å². The molecular formula is C14H11ClFNO4. The molecule has 0 aliphatic rings. The maximum absolute atomic E-state index is 13.7. The van der Waals surface area contributed by atoms with Crippen molar-refractivity contribution in [3.05, 3.63) is 53.4 Å². The first-order chi connectivity index (χ1) is 9.90. The lowest BCUT2D eigenvalue weighted by molar-refractivity contribution is -0.182. The van der Waals surface area contributed by atoms with Crippen molar-refractivity contribution in [2.45, 2.75) is 12.7 Å². The molecular weight excluding hydrogens is 301 g/mol. The summed E-state index contributed by atoms with van der Waals surface area (Å²) >= 11 is 5.57. The Balaban J connectivity index is 2.28. The van der Waals surface area contributed by atoms with Crippen molar-refractivity contribution < 1.29 is 23.8 Å². The van der Waals surface area contributed by atoms with Crippen LogP contribution in [0.2, 0.25) is 5.02 Å². The second-order valence-electron chi connectivity index (χ2n) is 4.21. The van der Waals surface area contributed by atoms with E-state index >= 15 is 0 Å². The smallest absolute Gasteiger partial charge is 0.390 e. The number of carboxylic acid groups (broad SMARTS) is 1. The molecule has 1 aromatic carbocycles. The van der Waals surface area contributed by atoms with Gasteiger partial charge in [0.15, 0.2) is 5.82 Å². The fourth-order valence-electron chi connectivity index (χ4n) is 1.48. The van der Waals surface area contributed by atoms with Gasteiger partial charge in [-0.3, -0.25) is 0 Å². The minimum atomic E-state index is -2.14. The molecule has 0 aliphatic heterocycles. The molecule has 0 saturated carbocycles. The zero-order valence-corrected chi connectivity index (χ0v) is 11.7. The summed E-state index contributed by atoms with van der Waals surface area (Å²) in [5, 5.41) is 9.34. The van der Waals surface area contributed by atoms with E-state index in [4.69, 9.17) is 21.1 Å². The highest BCUT2D eigenvalue weighted by molar-refractivity contribution is 6.30. The summed E-state index contributed by atoms with van der Waals surface area (Å²) in [6, 6.07) is 9.14. The third kappa shape index (κ3) is 3.61. The second-order valence-corrected chi connectivity index (χ2v) is 4.64. The van der Waals surface area contributed by atoms with Gasteiger partial charge in [0.2, 0.25) is 0 Å². The number of hydrogen-bond donors (Lipinski definition) is 1. The van der Waals surface area contributed by atoms with E-state index in [9.17, 15) is 14.3 Å². The SMILES string of the molecule is CC(Oc1ccccc1)(Oc1ncc(Cl)cc1F)C(=O)O. The van der Waals surface area contributed by atoms with Crippen LogP contribution in [0.5, 0.6) is 11.6 Å². The average molecular weight is 312 g/mol. The quantitative estimate of drug-likeness (QED) is 0.859. The average Bonchev–Trinajstić information content (AvgIpc) is 2.43. The van der Waals surface area contributed by atoms with E-state index in [0.29, 0.717) is 0 Å². The molecule has 21 heavy (non-hydrogen) atoms. The van der Waals surface area contributed by atoms with Crippen molar-refractivity contribution >= 4 is 17.6 Å². The van der Waals surface area contributed by atoms with Gasteiger partial charge in [-0.25, -0.2) is 14.2 Å². The molecule has 0 spiro atoms. The van der Waals surface area contributed by atoms with E-state index in [0.717, 1.165) is 19.2 Å². The molecule has 0 aliphatic carbocycles. The molecule has 110 valence electrons. The van der Waals surface area contributed by atoms with Crippen molar-refractivity contribution in [3.63, 3.8) is 0 Å². The lowest BCUT2D eigenvalue weighted by atomic mass is 10.3. The highest BCUT2D eigenvalue weighted by atomic mass is 35.5. The number of aromatic nitrogens is 1. The highest BCUT2D eigenvalue weighted by Crippen LogP contribution is 2.25. The van der Waals surface area contributed by atoms with Gasteiger partial charge in [-0.05, 0) is 18.2 Å². The molecule has 5 nitrogen and oxygen atoms in total. The minimum absolute atomic E-state index is 0.0702. The summed E-state index contributed by atoms with van der Waals surface area (Å²) in [6.45, 7) is 1.15. The Labute approximate surface area is 124 Å². The summed E-state index contributed by atoms with van der Waals surface area (Å²) in [4.78, 5) is 15.0. The molecule has 2 rings (SSSR count). The third-order valence-corrected chi connectivity index (χ3v) is 2.72. The summed E-state index contributed by atoms with van der Waals surface area (Å²) < 4.78 is 24.0. The van der Waals surface area contributed by atoms with Gasteiger partial charge >= 0.3 is 11.8 Å². The maximum atomic E-state index is 13.7. The standard InChI is InChI=1S/C14H11ClFNO4/c1-14(13(18)19,20-10-5-3-2-4-6-10)21-12-11(16)7-9(15)8-17-12/h2-8H,1H3,(H,18,19). The van der Waals surface area contributed by atoms with E-state index in [1.807, 2.05) is 0 Å². The van der Waals surface area contributed by atoms with E-state index in [-0.39, 0.29) is 10.8 Å². The van der Waals surface area contributed by atoms with Crippen LogP contribution in [0.3, 0.4) is 0 Å². The number of rotatable bonds is 5. The van der Waals surface area contributed by atoms with E-state index in [1.165, 1.54) is 0 Å². The Bertz CT molecular complexity index is 653. The predicted octanol–water partition coefficient (Wildman–Crippen LogP) is 3.13. The Morgan fingerprint density at radius 1 is 1.33 bits per heavy atom. The van der Waals surface area contributed by atoms with Crippen LogP contribution >= 0.6 is 11.6 Å². The van der Waals surface area contributed by atoms with Crippen molar-refractivity contribution in [2.24, 2.45) is 0 Å². The molecule has 7 heteroatoms. The van der Waals surface area contributed by atoms with E-state index < -0.39 is 23.5 Å². The normalized spacial score (nSPS) is 13.3. The van der Waals surface area contributed by atoms with Gasteiger partial charge in [-0.1, -0.05) is 29.8 Å². The van der Waals surface area contributed by atoms with Gasteiger partial charge in [-0.2, -0.15) is 0 Å². The van der Waals surface area contributed by atoms with Crippen molar-refractivity contribution in [2.75, 3.05) is 0 Å². The lowest BCUT2D eigenvalue weighted by Gasteiger charge is -2.26. The third-order valence-electron chi connectivity index (χ3n) is 2.51. The highest BCUT2D eigenvalue weighted by Gasteiger charge is 2.40. The van der Waals surface area contributed by atoms with Crippen LogP contribution in [0.15, 0.2) is 42.6 Å². The minimum Gasteiger partial charge on any atom is -0.475 e. The molecule has 1 N–H and O–H groups in total. The van der Waals surface area contributed by atoms with Crippen LogP contribution in [-0.4, -0.2) is 21.8 Å². The molecule has 0 amide bonds. The summed E-state index contributed by atoms with van der Waals surface area (Å²) in [6.07, 6.45) is 1.14. The number of aliphatic carboxylic acids is 1. The number of hydrogen-bond acceptors (Lipinski definition) is 4. The van der Waals surface area contributed by atoms with Crippen LogP contribution in [0.25, 0.3) is 0 Å². The number of benzene rings is 1. The van der Waals surface area contributed by atoms with Gasteiger partial charge < -0.3 is 14.6 Å². The molecule has 1 heterocycles. The predicted molar refractivity (Wildman–Crippen MR) is 72.9 cm³/mol. The molecule has 0 saturated heterocycles. The van der Waals surface area contributed by atoms with E-state index in [1.54, 1.807) is 30.3 Å². The first kappa shape index (κ1) is 15.1.